The smallest absolute Gasteiger partial charge is 0.0681 e. The van der Waals surface area contributed by atoms with Crippen molar-refractivity contribution in [2.45, 2.75) is 27.0 Å². The molecule has 1 aromatic carbocycles. The van der Waals surface area contributed by atoms with E-state index in [0.717, 1.165) is 12.1 Å². The summed E-state index contributed by atoms with van der Waals surface area (Å²) in [6.07, 6.45) is 0. The first-order valence-electron chi connectivity index (χ1n) is 5.52. The molecule has 1 heterocycles. The van der Waals surface area contributed by atoms with Crippen molar-refractivity contribution in [3.8, 4) is 0 Å². The quantitative estimate of drug-likeness (QED) is 0.836. The fourth-order valence-electron chi connectivity index (χ4n) is 1.88. The van der Waals surface area contributed by atoms with Gasteiger partial charge in [-0.1, -0.05) is 24.3 Å². The zero-order valence-corrected chi connectivity index (χ0v) is 9.77. The molecule has 2 nitrogen and oxygen atoms in total. The largest absolute Gasteiger partial charge is 0.392 e. The van der Waals surface area contributed by atoms with E-state index < -0.39 is 0 Å². The lowest BCUT2D eigenvalue weighted by atomic mass is 10.1. The second kappa shape index (κ2) is 4.54. The van der Waals surface area contributed by atoms with Crippen LogP contribution in [-0.4, -0.2) is 9.67 Å². The lowest BCUT2D eigenvalue weighted by Crippen LogP contribution is -2.03. The number of aliphatic hydroxyl groups is 1. The molecular weight excluding hydrogens is 198 g/mol. The molecule has 0 spiro atoms. The molecule has 0 aliphatic rings. The number of hydrogen-bond acceptors (Lipinski definition) is 1. The van der Waals surface area contributed by atoms with Gasteiger partial charge in [0.2, 0.25) is 0 Å². The predicted molar refractivity (Wildman–Crippen MR) is 65.4 cm³/mol. The highest BCUT2D eigenvalue weighted by Crippen LogP contribution is 2.12. The van der Waals surface area contributed by atoms with Crippen molar-refractivity contribution in [1.82, 2.24) is 4.57 Å². The van der Waals surface area contributed by atoms with E-state index in [-0.39, 0.29) is 6.61 Å². The van der Waals surface area contributed by atoms with Gasteiger partial charge in [-0.3, -0.25) is 0 Å². The molecule has 0 aliphatic heterocycles. The van der Waals surface area contributed by atoms with Crippen LogP contribution in [0, 0.1) is 13.8 Å². The minimum atomic E-state index is 0.113. The Balaban J connectivity index is 2.20. The van der Waals surface area contributed by atoms with Crippen molar-refractivity contribution in [2.75, 3.05) is 0 Å². The van der Waals surface area contributed by atoms with Gasteiger partial charge in [0.1, 0.15) is 0 Å². The number of benzene rings is 1. The molecule has 0 atom stereocenters. The van der Waals surface area contributed by atoms with Gasteiger partial charge in [-0.2, -0.15) is 0 Å². The van der Waals surface area contributed by atoms with Crippen LogP contribution in [0.25, 0.3) is 0 Å². The average molecular weight is 215 g/mol. The molecule has 2 rings (SSSR count). The first kappa shape index (κ1) is 11.0. The van der Waals surface area contributed by atoms with Gasteiger partial charge in [0, 0.05) is 17.9 Å². The number of rotatable bonds is 3. The van der Waals surface area contributed by atoms with Crippen LogP contribution in [0.2, 0.25) is 0 Å². The van der Waals surface area contributed by atoms with Gasteiger partial charge < -0.3 is 9.67 Å². The maximum absolute atomic E-state index is 8.97. The molecular formula is C14H17NO. The van der Waals surface area contributed by atoms with Crippen LogP contribution in [-0.2, 0) is 13.2 Å². The zero-order chi connectivity index (χ0) is 11.5. The third kappa shape index (κ3) is 2.17. The van der Waals surface area contributed by atoms with Crippen LogP contribution >= 0.6 is 0 Å². The molecule has 16 heavy (non-hydrogen) atoms. The molecule has 0 saturated carbocycles. The molecule has 2 heteroatoms. The maximum Gasteiger partial charge on any atom is 0.0681 e. The topological polar surface area (TPSA) is 25.2 Å². The van der Waals surface area contributed by atoms with Gasteiger partial charge in [-0.15, -0.1) is 0 Å². The van der Waals surface area contributed by atoms with Crippen molar-refractivity contribution in [3.05, 3.63) is 58.9 Å². The average Bonchev–Trinajstić information content (AvgIpc) is 2.62. The summed E-state index contributed by atoms with van der Waals surface area (Å²) in [6.45, 7) is 5.25. The van der Waals surface area contributed by atoms with Crippen LogP contribution < -0.4 is 0 Å². The van der Waals surface area contributed by atoms with E-state index in [4.69, 9.17) is 5.11 Å². The van der Waals surface area contributed by atoms with E-state index in [0.29, 0.717) is 0 Å². The Morgan fingerprint density at radius 2 is 1.38 bits per heavy atom. The fourth-order valence-corrected chi connectivity index (χ4v) is 1.88. The molecule has 0 bridgehead atoms. The highest BCUT2D eigenvalue weighted by atomic mass is 16.3. The van der Waals surface area contributed by atoms with Gasteiger partial charge >= 0.3 is 0 Å². The SMILES string of the molecule is Cc1ccc(C)n1Cc1ccc(CO)cc1. The Bertz CT molecular complexity index is 448. The van der Waals surface area contributed by atoms with E-state index >= 15 is 0 Å². The van der Waals surface area contributed by atoms with Crippen molar-refractivity contribution >= 4 is 0 Å². The Morgan fingerprint density at radius 1 is 0.875 bits per heavy atom. The third-order valence-electron chi connectivity index (χ3n) is 2.96. The molecule has 84 valence electrons. The zero-order valence-electron chi connectivity index (χ0n) is 9.77. The molecule has 0 fully saturated rings. The monoisotopic (exact) mass is 215 g/mol. The molecule has 2 aromatic rings. The van der Waals surface area contributed by atoms with Gasteiger partial charge in [0.15, 0.2) is 0 Å². The summed E-state index contributed by atoms with van der Waals surface area (Å²) in [5.41, 5.74) is 4.79. The normalized spacial score (nSPS) is 10.7. The van der Waals surface area contributed by atoms with Gasteiger partial charge in [0.25, 0.3) is 0 Å². The standard InChI is InChI=1S/C14H17NO/c1-11-3-4-12(2)15(11)9-13-5-7-14(10-16)8-6-13/h3-8,16H,9-10H2,1-2H3. The number of aryl methyl sites for hydroxylation is 2. The summed E-state index contributed by atoms with van der Waals surface area (Å²) >= 11 is 0. The van der Waals surface area contributed by atoms with Crippen molar-refractivity contribution in [2.24, 2.45) is 0 Å². The van der Waals surface area contributed by atoms with Crippen molar-refractivity contribution in [1.29, 1.82) is 0 Å². The Hall–Kier alpha value is -1.54. The van der Waals surface area contributed by atoms with Crippen LogP contribution in [0.4, 0.5) is 0 Å². The van der Waals surface area contributed by atoms with E-state index in [1.807, 2.05) is 12.1 Å². The van der Waals surface area contributed by atoms with Crippen molar-refractivity contribution in [3.63, 3.8) is 0 Å². The summed E-state index contributed by atoms with van der Waals surface area (Å²) in [4.78, 5) is 0. The lowest BCUT2D eigenvalue weighted by molar-refractivity contribution is 0.282. The highest BCUT2D eigenvalue weighted by molar-refractivity contribution is 5.24. The Labute approximate surface area is 96.2 Å². The number of nitrogens with zero attached hydrogens (tertiary/aromatic N) is 1. The Kier molecular flexibility index (Phi) is 3.11. The summed E-state index contributed by atoms with van der Waals surface area (Å²) in [7, 11) is 0. The molecule has 0 amide bonds. The summed E-state index contributed by atoms with van der Waals surface area (Å²) in [5, 5.41) is 8.97. The minimum Gasteiger partial charge on any atom is -0.392 e. The van der Waals surface area contributed by atoms with E-state index in [2.05, 4.69) is 42.7 Å². The van der Waals surface area contributed by atoms with E-state index in [9.17, 15) is 0 Å². The highest BCUT2D eigenvalue weighted by Gasteiger charge is 2.01. The first-order valence-corrected chi connectivity index (χ1v) is 5.52. The summed E-state index contributed by atoms with van der Waals surface area (Å²) in [6, 6.07) is 12.4. The second-order valence-corrected chi connectivity index (χ2v) is 4.18. The van der Waals surface area contributed by atoms with E-state index in [1.165, 1.54) is 17.0 Å². The molecule has 0 saturated heterocycles. The number of aliphatic hydroxyl groups excluding tert-OH is 1. The molecule has 0 aliphatic carbocycles. The molecule has 1 aromatic heterocycles. The molecule has 0 unspecified atom stereocenters. The maximum atomic E-state index is 8.97. The van der Waals surface area contributed by atoms with Crippen LogP contribution in [0.15, 0.2) is 36.4 Å². The Morgan fingerprint density at radius 3 is 1.88 bits per heavy atom. The van der Waals surface area contributed by atoms with Crippen LogP contribution in [0.5, 0.6) is 0 Å². The second-order valence-electron chi connectivity index (χ2n) is 4.18. The minimum absolute atomic E-state index is 0.113. The molecule has 1 N–H and O–H groups in total. The van der Waals surface area contributed by atoms with E-state index in [1.54, 1.807) is 0 Å². The van der Waals surface area contributed by atoms with Gasteiger partial charge in [-0.05, 0) is 37.1 Å². The van der Waals surface area contributed by atoms with Crippen LogP contribution in [0.3, 0.4) is 0 Å². The summed E-state index contributed by atoms with van der Waals surface area (Å²) in [5.74, 6) is 0. The first-order chi connectivity index (χ1) is 7.70. The number of aromatic nitrogens is 1. The summed E-state index contributed by atoms with van der Waals surface area (Å²) < 4.78 is 2.29. The fraction of sp³-hybridized carbons (Fsp3) is 0.286. The lowest BCUT2D eigenvalue weighted by Gasteiger charge is -2.09. The third-order valence-corrected chi connectivity index (χ3v) is 2.96. The van der Waals surface area contributed by atoms with Crippen LogP contribution in [0.1, 0.15) is 22.5 Å². The van der Waals surface area contributed by atoms with Gasteiger partial charge in [-0.25, -0.2) is 0 Å². The van der Waals surface area contributed by atoms with Gasteiger partial charge in [0.05, 0.1) is 6.61 Å². The number of hydrogen-bond donors (Lipinski definition) is 1. The van der Waals surface area contributed by atoms with Crippen molar-refractivity contribution < 1.29 is 5.11 Å². The predicted octanol–water partition coefficient (Wildman–Crippen LogP) is 2.65. The molecule has 0 radical (unpaired) electrons.